The normalized spacial score (nSPS) is 19.3. The van der Waals surface area contributed by atoms with E-state index in [9.17, 15) is 4.79 Å². The molecule has 1 N–H and O–H groups in total. The number of aromatic nitrogens is 3. The number of fused-ring (bicyclic) bond motifs is 3. The molecule has 112 valence electrons. The van der Waals surface area contributed by atoms with Gasteiger partial charge in [-0.3, -0.25) is 4.79 Å². The van der Waals surface area contributed by atoms with Crippen molar-refractivity contribution in [3.05, 3.63) is 29.2 Å². The lowest BCUT2D eigenvalue weighted by molar-refractivity contribution is 0.0940. The highest BCUT2D eigenvalue weighted by Crippen LogP contribution is 2.25. The van der Waals surface area contributed by atoms with E-state index in [4.69, 9.17) is 0 Å². The molecule has 2 atom stereocenters. The lowest BCUT2D eigenvalue weighted by Gasteiger charge is -2.21. The third-order valence-corrected chi connectivity index (χ3v) is 4.39. The molecule has 0 spiro atoms. The quantitative estimate of drug-likeness (QED) is 0.942. The number of nitrogens with one attached hydrogen (secondary N) is 1. The molecule has 1 aliphatic carbocycles. The largest absolute Gasteiger partial charge is 0.349 e. The maximum absolute atomic E-state index is 12.3. The highest BCUT2D eigenvalue weighted by Gasteiger charge is 2.22. The molecule has 21 heavy (non-hydrogen) atoms. The number of hydrogen-bond acceptors (Lipinski definition) is 3. The first kappa shape index (κ1) is 14.0. The van der Waals surface area contributed by atoms with Crippen LogP contribution >= 0.6 is 0 Å². The third kappa shape index (κ3) is 2.52. The van der Waals surface area contributed by atoms with E-state index in [-0.39, 0.29) is 11.9 Å². The summed E-state index contributed by atoms with van der Waals surface area (Å²) in [6, 6.07) is 0.158. The summed E-state index contributed by atoms with van der Waals surface area (Å²) < 4.78 is 1.85. The first-order chi connectivity index (χ1) is 10.1. The summed E-state index contributed by atoms with van der Waals surface area (Å²) in [5, 5.41) is 7.38. The van der Waals surface area contributed by atoms with Crippen LogP contribution in [0.2, 0.25) is 0 Å². The minimum Gasteiger partial charge on any atom is -0.349 e. The molecule has 0 fully saturated rings. The molecule has 2 aromatic rings. The van der Waals surface area contributed by atoms with Gasteiger partial charge < -0.3 is 5.32 Å². The molecule has 0 saturated heterocycles. The first-order valence-electron chi connectivity index (χ1n) is 7.75. The first-order valence-corrected chi connectivity index (χ1v) is 7.75. The Morgan fingerprint density at radius 2 is 2.33 bits per heavy atom. The second-order valence-corrected chi connectivity index (χ2v) is 6.15. The Hall–Kier alpha value is -1.91. The van der Waals surface area contributed by atoms with Crippen molar-refractivity contribution < 1.29 is 4.79 Å². The average molecular weight is 286 g/mol. The molecule has 5 nitrogen and oxygen atoms in total. The van der Waals surface area contributed by atoms with Crippen molar-refractivity contribution in [2.75, 3.05) is 0 Å². The minimum atomic E-state index is -0.0871. The van der Waals surface area contributed by atoms with E-state index in [1.165, 1.54) is 17.7 Å². The van der Waals surface area contributed by atoms with Gasteiger partial charge in [-0.1, -0.05) is 13.8 Å². The Bertz CT molecular complexity index is 676. The van der Waals surface area contributed by atoms with Gasteiger partial charge in [-0.05, 0) is 44.1 Å². The number of hydrogen-bond donors (Lipinski definition) is 1. The number of aryl methyl sites for hydroxylation is 1. The van der Waals surface area contributed by atoms with Gasteiger partial charge in [0, 0.05) is 17.9 Å². The van der Waals surface area contributed by atoms with Crippen LogP contribution in [0.4, 0.5) is 0 Å². The molecule has 2 heterocycles. The van der Waals surface area contributed by atoms with Gasteiger partial charge in [0.25, 0.3) is 5.91 Å². The Balaban J connectivity index is 1.98. The van der Waals surface area contributed by atoms with Crippen LogP contribution in [-0.2, 0) is 12.8 Å². The van der Waals surface area contributed by atoms with Crippen molar-refractivity contribution in [2.24, 2.45) is 5.92 Å². The Morgan fingerprint density at radius 3 is 3.10 bits per heavy atom. The van der Waals surface area contributed by atoms with Crippen molar-refractivity contribution >= 4 is 11.6 Å². The molecule has 0 saturated carbocycles. The smallest absolute Gasteiger partial charge is 0.256 e. The summed E-state index contributed by atoms with van der Waals surface area (Å²) in [7, 11) is 0. The van der Waals surface area contributed by atoms with Crippen LogP contribution in [0.5, 0.6) is 0 Å². The Kier molecular flexibility index (Phi) is 3.66. The van der Waals surface area contributed by atoms with Gasteiger partial charge in [-0.2, -0.15) is 5.10 Å². The van der Waals surface area contributed by atoms with Crippen LogP contribution < -0.4 is 5.32 Å². The van der Waals surface area contributed by atoms with Gasteiger partial charge in [-0.25, -0.2) is 9.50 Å². The van der Waals surface area contributed by atoms with Gasteiger partial charge in [0.2, 0.25) is 0 Å². The third-order valence-electron chi connectivity index (χ3n) is 4.39. The number of carbonyl (C=O) groups excluding carboxylic acids is 1. The van der Waals surface area contributed by atoms with Crippen LogP contribution in [0.25, 0.3) is 5.65 Å². The standard InChI is InChI=1S/C16H22N4O/c1-4-11(3)19-16(21)13-9-18-20-14-6-5-10(2)7-12(14)8-17-15(13)20/h8-11H,4-7H2,1-3H3,(H,19,21)/t10-,11-/m1/s1. The molecule has 0 bridgehead atoms. The zero-order valence-electron chi connectivity index (χ0n) is 12.9. The predicted molar refractivity (Wildman–Crippen MR) is 81.4 cm³/mol. The highest BCUT2D eigenvalue weighted by molar-refractivity contribution is 5.99. The van der Waals surface area contributed by atoms with Crippen LogP contribution in [-0.4, -0.2) is 26.5 Å². The summed E-state index contributed by atoms with van der Waals surface area (Å²) >= 11 is 0. The minimum absolute atomic E-state index is 0.0871. The number of nitrogens with zero attached hydrogens (tertiary/aromatic N) is 3. The number of amides is 1. The van der Waals surface area contributed by atoms with Gasteiger partial charge in [0.15, 0.2) is 5.65 Å². The van der Waals surface area contributed by atoms with E-state index in [2.05, 4.69) is 29.2 Å². The molecular formula is C16H22N4O. The predicted octanol–water partition coefficient (Wildman–Crippen LogP) is 2.38. The number of carbonyl (C=O) groups is 1. The molecule has 0 radical (unpaired) electrons. The topological polar surface area (TPSA) is 59.3 Å². The lowest BCUT2D eigenvalue weighted by Crippen LogP contribution is -2.32. The van der Waals surface area contributed by atoms with E-state index < -0.39 is 0 Å². The molecule has 1 amide bonds. The average Bonchev–Trinajstić information content (AvgIpc) is 2.90. The summed E-state index contributed by atoms with van der Waals surface area (Å²) in [5.74, 6) is 0.608. The van der Waals surface area contributed by atoms with Crippen LogP contribution in [0, 0.1) is 5.92 Å². The summed E-state index contributed by atoms with van der Waals surface area (Å²) in [5.41, 5.74) is 3.71. The molecule has 2 aromatic heterocycles. The molecule has 3 rings (SSSR count). The van der Waals surface area contributed by atoms with E-state index >= 15 is 0 Å². The van der Waals surface area contributed by atoms with Crippen LogP contribution in [0.1, 0.15) is 55.2 Å². The highest BCUT2D eigenvalue weighted by atomic mass is 16.1. The number of rotatable bonds is 3. The van der Waals surface area contributed by atoms with E-state index in [0.29, 0.717) is 17.1 Å². The van der Waals surface area contributed by atoms with Gasteiger partial charge >= 0.3 is 0 Å². The zero-order valence-corrected chi connectivity index (χ0v) is 12.9. The summed E-state index contributed by atoms with van der Waals surface area (Å²) in [6.07, 6.45) is 7.68. The van der Waals surface area contributed by atoms with Crippen molar-refractivity contribution in [3.63, 3.8) is 0 Å². The second kappa shape index (κ2) is 5.47. The second-order valence-electron chi connectivity index (χ2n) is 6.15. The summed E-state index contributed by atoms with van der Waals surface area (Å²) in [4.78, 5) is 16.8. The molecule has 0 unspecified atom stereocenters. The SMILES string of the molecule is CC[C@@H](C)NC(=O)c1cnn2c3c(cnc12)C[C@H](C)CC3. The van der Waals surface area contributed by atoms with Crippen molar-refractivity contribution in [1.82, 2.24) is 19.9 Å². The van der Waals surface area contributed by atoms with Crippen LogP contribution in [0.15, 0.2) is 12.4 Å². The van der Waals surface area contributed by atoms with Crippen LogP contribution in [0.3, 0.4) is 0 Å². The fourth-order valence-corrected chi connectivity index (χ4v) is 2.87. The monoisotopic (exact) mass is 286 g/mol. The van der Waals surface area contributed by atoms with Gasteiger partial charge in [0.05, 0.1) is 6.20 Å². The molecular weight excluding hydrogens is 264 g/mol. The maximum atomic E-state index is 12.3. The summed E-state index contributed by atoms with van der Waals surface area (Å²) in [6.45, 7) is 6.32. The van der Waals surface area contributed by atoms with Gasteiger partial charge in [-0.15, -0.1) is 0 Å². The molecule has 0 aromatic carbocycles. The Labute approximate surface area is 124 Å². The van der Waals surface area contributed by atoms with E-state index in [0.717, 1.165) is 19.3 Å². The van der Waals surface area contributed by atoms with Gasteiger partial charge in [0.1, 0.15) is 5.56 Å². The molecule has 1 aliphatic rings. The Morgan fingerprint density at radius 1 is 1.52 bits per heavy atom. The fraction of sp³-hybridized carbons (Fsp3) is 0.562. The van der Waals surface area contributed by atoms with E-state index in [1.54, 1.807) is 6.20 Å². The van der Waals surface area contributed by atoms with Crippen molar-refractivity contribution in [3.8, 4) is 0 Å². The molecule has 5 heteroatoms. The van der Waals surface area contributed by atoms with Crippen molar-refractivity contribution in [2.45, 2.75) is 52.5 Å². The fourth-order valence-electron chi connectivity index (χ4n) is 2.87. The zero-order chi connectivity index (χ0) is 15.0. The molecule has 0 aliphatic heterocycles. The van der Waals surface area contributed by atoms with Crippen molar-refractivity contribution in [1.29, 1.82) is 0 Å². The maximum Gasteiger partial charge on any atom is 0.256 e. The van der Waals surface area contributed by atoms with E-state index in [1.807, 2.05) is 17.6 Å². The lowest BCUT2D eigenvalue weighted by atomic mass is 9.89.